The molecule has 3 aromatic rings. The van der Waals surface area contributed by atoms with Crippen LogP contribution in [0.2, 0.25) is 0 Å². The predicted octanol–water partition coefficient (Wildman–Crippen LogP) is 3.65. The number of sulfonamides is 1. The number of nitrogens with zero attached hydrogens (tertiary/aromatic N) is 5. The first-order valence-corrected chi connectivity index (χ1v) is 13.0. The largest absolute Gasteiger partial charge is 0.415 e. The molecule has 2 heterocycles. The second kappa shape index (κ2) is 10.8. The molecule has 2 aromatic carbocycles. The molecule has 8 nitrogen and oxygen atoms in total. The van der Waals surface area contributed by atoms with Gasteiger partial charge in [-0.2, -0.15) is 8.78 Å². The van der Waals surface area contributed by atoms with Crippen LogP contribution in [0.15, 0.2) is 59.0 Å². The number of para-hydroxylation sites is 1. The van der Waals surface area contributed by atoms with Crippen molar-refractivity contribution in [3.63, 3.8) is 0 Å². The number of hydrogen-bond donors (Lipinski definition) is 0. The Bertz CT molecular complexity index is 1200. The molecular weight excluding hydrogens is 476 g/mol. The molecule has 1 fully saturated rings. The molecule has 0 radical (unpaired) electrons. The van der Waals surface area contributed by atoms with Gasteiger partial charge >= 0.3 is 6.43 Å². The molecule has 0 saturated carbocycles. The standard InChI is InChI=1S/C24H29F2N5O3S/c1-29(2)21-12-13-30(17-21)14-15-35(32,33)31(20-6-4-3-5-7-20)16-18-8-10-19(11-9-18)23-27-28-24(34-23)22(25)26/h3-11,21-22H,12-17H2,1-2H3/t21-/m0/s1. The summed E-state index contributed by atoms with van der Waals surface area (Å²) in [6.45, 7) is 2.35. The van der Waals surface area contributed by atoms with Crippen molar-refractivity contribution in [2.45, 2.75) is 25.4 Å². The maximum absolute atomic E-state index is 13.4. The van der Waals surface area contributed by atoms with Crippen molar-refractivity contribution in [1.29, 1.82) is 0 Å². The van der Waals surface area contributed by atoms with Crippen LogP contribution in [0, 0.1) is 0 Å². The molecule has 0 N–H and O–H groups in total. The SMILES string of the molecule is CN(C)[C@H]1CCN(CCS(=O)(=O)N(Cc2ccc(-c3nnc(C(F)F)o3)cc2)c2ccccc2)C1. The average Bonchev–Trinajstić information content (AvgIpc) is 3.53. The molecule has 1 aliphatic rings. The van der Waals surface area contributed by atoms with E-state index in [2.05, 4.69) is 20.0 Å². The lowest BCUT2D eigenvalue weighted by atomic mass is 10.1. The third kappa shape index (κ3) is 6.22. The molecule has 35 heavy (non-hydrogen) atoms. The second-order valence-corrected chi connectivity index (χ2v) is 10.8. The summed E-state index contributed by atoms with van der Waals surface area (Å²) in [4.78, 5) is 4.37. The molecule has 0 unspecified atom stereocenters. The number of likely N-dealkylation sites (N-methyl/N-ethyl adjacent to an activating group) is 1. The minimum absolute atomic E-state index is 0.0124. The zero-order valence-electron chi connectivity index (χ0n) is 19.7. The van der Waals surface area contributed by atoms with Crippen LogP contribution >= 0.6 is 0 Å². The van der Waals surface area contributed by atoms with Gasteiger partial charge in [-0.1, -0.05) is 30.3 Å². The zero-order chi connectivity index (χ0) is 25.0. The van der Waals surface area contributed by atoms with Gasteiger partial charge in [-0.25, -0.2) is 8.42 Å². The summed E-state index contributed by atoms with van der Waals surface area (Å²) in [5.74, 6) is -0.736. The fourth-order valence-corrected chi connectivity index (χ4v) is 5.59. The number of alkyl halides is 2. The van der Waals surface area contributed by atoms with Gasteiger partial charge in [-0.05, 0) is 56.9 Å². The van der Waals surface area contributed by atoms with Gasteiger partial charge in [0, 0.05) is 24.7 Å². The number of benzene rings is 2. The first-order valence-electron chi connectivity index (χ1n) is 11.4. The normalized spacial score (nSPS) is 16.9. The highest BCUT2D eigenvalue weighted by molar-refractivity contribution is 7.92. The minimum Gasteiger partial charge on any atom is -0.415 e. The molecule has 0 spiro atoms. The Morgan fingerprint density at radius 1 is 1.09 bits per heavy atom. The van der Waals surface area contributed by atoms with E-state index >= 15 is 0 Å². The third-order valence-corrected chi connectivity index (χ3v) is 7.89. The van der Waals surface area contributed by atoms with Gasteiger partial charge in [0.25, 0.3) is 5.89 Å². The maximum Gasteiger partial charge on any atom is 0.314 e. The van der Waals surface area contributed by atoms with Crippen molar-refractivity contribution >= 4 is 15.7 Å². The highest BCUT2D eigenvalue weighted by Gasteiger charge is 2.28. The number of anilines is 1. The van der Waals surface area contributed by atoms with Crippen LogP contribution in [0.1, 0.15) is 24.3 Å². The highest BCUT2D eigenvalue weighted by Crippen LogP contribution is 2.26. The molecule has 1 aliphatic heterocycles. The molecule has 1 saturated heterocycles. The summed E-state index contributed by atoms with van der Waals surface area (Å²) in [5, 5.41) is 6.99. The lowest BCUT2D eigenvalue weighted by molar-refractivity contribution is 0.116. The van der Waals surface area contributed by atoms with Crippen LogP contribution in [0.5, 0.6) is 0 Å². The van der Waals surface area contributed by atoms with Gasteiger partial charge in [0.15, 0.2) is 0 Å². The quantitative estimate of drug-likeness (QED) is 0.416. The smallest absolute Gasteiger partial charge is 0.314 e. The van der Waals surface area contributed by atoms with Crippen molar-refractivity contribution in [2.75, 3.05) is 43.8 Å². The predicted molar refractivity (Wildman–Crippen MR) is 130 cm³/mol. The van der Waals surface area contributed by atoms with Crippen molar-refractivity contribution in [3.05, 3.63) is 66.1 Å². The van der Waals surface area contributed by atoms with Crippen molar-refractivity contribution in [3.8, 4) is 11.5 Å². The topological polar surface area (TPSA) is 82.8 Å². The zero-order valence-corrected chi connectivity index (χ0v) is 20.5. The van der Waals surface area contributed by atoms with Crippen LogP contribution in [0.4, 0.5) is 14.5 Å². The van der Waals surface area contributed by atoms with E-state index in [1.54, 1.807) is 48.5 Å². The van der Waals surface area contributed by atoms with E-state index < -0.39 is 22.3 Å². The highest BCUT2D eigenvalue weighted by atomic mass is 32.2. The van der Waals surface area contributed by atoms with Gasteiger partial charge in [0.1, 0.15) is 0 Å². The van der Waals surface area contributed by atoms with Crippen LogP contribution in [-0.2, 0) is 16.6 Å². The summed E-state index contributed by atoms with van der Waals surface area (Å²) in [5.41, 5.74) is 1.80. The molecule has 4 rings (SSSR count). The first kappa shape index (κ1) is 25.2. The van der Waals surface area contributed by atoms with E-state index in [0.29, 0.717) is 23.8 Å². The van der Waals surface area contributed by atoms with E-state index in [1.807, 2.05) is 20.2 Å². The lowest BCUT2D eigenvalue weighted by Gasteiger charge is -2.26. The number of rotatable bonds is 10. The van der Waals surface area contributed by atoms with Crippen molar-refractivity contribution in [1.82, 2.24) is 20.0 Å². The summed E-state index contributed by atoms with van der Waals surface area (Å²) >= 11 is 0. The molecule has 0 amide bonds. The van der Waals surface area contributed by atoms with Crippen LogP contribution in [-0.4, -0.2) is 73.9 Å². The molecular formula is C24H29F2N5O3S. The Balaban J connectivity index is 1.49. The van der Waals surface area contributed by atoms with Gasteiger partial charge in [-0.3, -0.25) is 4.31 Å². The van der Waals surface area contributed by atoms with Crippen molar-refractivity contribution < 1.29 is 21.6 Å². The molecule has 0 bridgehead atoms. The van der Waals surface area contributed by atoms with Gasteiger partial charge < -0.3 is 14.2 Å². The second-order valence-electron chi connectivity index (χ2n) is 8.81. The molecule has 11 heteroatoms. The maximum atomic E-state index is 13.4. The van der Waals surface area contributed by atoms with E-state index in [1.165, 1.54) is 4.31 Å². The number of likely N-dealkylation sites (tertiary alicyclic amines) is 1. The Morgan fingerprint density at radius 2 is 1.80 bits per heavy atom. The molecule has 1 atom stereocenters. The number of halogens is 2. The van der Waals surface area contributed by atoms with Gasteiger partial charge in [0.05, 0.1) is 18.0 Å². The summed E-state index contributed by atoms with van der Waals surface area (Å²) in [6.07, 6.45) is -1.81. The average molecular weight is 506 g/mol. The molecule has 0 aliphatic carbocycles. The fraction of sp³-hybridized carbons (Fsp3) is 0.417. The summed E-state index contributed by atoms with van der Waals surface area (Å²) in [6, 6.07) is 16.2. The van der Waals surface area contributed by atoms with Crippen molar-refractivity contribution in [2.24, 2.45) is 0 Å². The van der Waals surface area contributed by atoms with Gasteiger partial charge in [0.2, 0.25) is 15.9 Å². The molecule has 188 valence electrons. The van der Waals surface area contributed by atoms with E-state index in [0.717, 1.165) is 25.1 Å². The molecule has 1 aromatic heterocycles. The number of hydrogen-bond acceptors (Lipinski definition) is 7. The lowest BCUT2D eigenvalue weighted by Crippen LogP contribution is -2.38. The van der Waals surface area contributed by atoms with Crippen LogP contribution < -0.4 is 4.31 Å². The van der Waals surface area contributed by atoms with E-state index in [-0.39, 0.29) is 18.2 Å². The Morgan fingerprint density at radius 3 is 2.40 bits per heavy atom. The summed E-state index contributed by atoms with van der Waals surface area (Å²) < 4.78 is 58.8. The van der Waals surface area contributed by atoms with E-state index in [9.17, 15) is 17.2 Å². The Labute approximate surface area is 204 Å². The Kier molecular flexibility index (Phi) is 7.78. The fourth-order valence-electron chi connectivity index (χ4n) is 4.09. The Hall–Kier alpha value is -2.89. The number of aromatic nitrogens is 2. The minimum atomic E-state index is -3.61. The van der Waals surface area contributed by atoms with E-state index in [4.69, 9.17) is 4.42 Å². The first-order chi connectivity index (χ1) is 16.7. The summed E-state index contributed by atoms with van der Waals surface area (Å²) in [7, 11) is 0.477. The monoisotopic (exact) mass is 505 g/mol. The van der Waals surface area contributed by atoms with Gasteiger partial charge in [-0.15, -0.1) is 10.2 Å². The third-order valence-electron chi connectivity index (χ3n) is 6.18. The van der Waals surface area contributed by atoms with Crippen LogP contribution in [0.3, 0.4) is 0 Å². The van der Waals surface area contributed by atoms with Crippen LogP contribution in [0.25, 0.3) is 11.5 Å².